The topological polar surface area (TPSA) is 20.3 Å². The molecule has 1 aromatic carbocycles. The molecule has 108 valence electrons. The van der Waals surface area contributed by atoms with Gasteiger partial charge in [-0.05, 0) is 42.7 Å². The Kier molecular flexibility index (Phi) is 4.02. The molecule has 1 saturated heterocycles. The smallest absolute Gasteiger partial charge is 0.230 e. The van der Waals surface area contributed by atoms with Crippen molar-refractivity contribution in [2.24, 2.45) is 5.92 Å². The second kappa shape index (κ2) is 5.77. The predicted octanol–water partition coefficient (Wildman–Crippen LogP) is 3.58. The molecule has 2 nitrogen and oxygen atoms in total. The average molecular weight is 292 g/mol. The van der Waals surface area contributed by atoms with Crippen LogP contribution in [0.4, 0.5) is 0 Å². The van der Waals surface area contributed by atoms with Crippen LogP contribution in [0.2, 0.25) is 0 Å². The Morgan fingerprint density at radius 2 is 2.15 bits per heavy atom. The highest BCUT2D eigenvalue weighted by Crippen LogP contribution is 2.35. The van der Waals surface area contributed by atoms with Crippen LogP contribution >= 0.6 is 11.6 Å². The van der Waals surface area contributed by atoms with Crippen molar-refractivity contribution >= 4 is 17.5 Å². The summed E-state index contributed by atoms with van der Waals surface area (Å²) in [5, 5.41) is 0. The van der Waals surface area contributed by atoms with Gasteiger partial charge in [-0.15, -0.1) is 11.6 Å². The van der Waals surface area contributed by atoms with Crippen LogP contribution in [0.15, 0.2) is 24.3 Å². The largest absolute Gasteiger partial charge is 0.338 e. The Morgan fingerprint density at radius 3 is 2.95 bits per heavy atom. The fraction of sp³-hybridized carbons (Fsp3) is 0.588. The number of amides is 1. The van der Waals surface area contributed by atoms with E-state index in [1.807, 2.05) is 4.90 Å². The van der Waals surface area contributed by atoms with Crippen LogP contribution in [0.5, 0.6) is 0 Å². The van der Waals surface area contributed by atoms with Gasteiger partial charge in [-0.2, -0.15) is 0 Å². The number of fused-ring (bicyclic) bond motifs is 1. The van der Waals surface area contributed by atoms with Crippen LogP contribution in [0.1, 0.15) is 43.2 Å². The molecular formula is C17H22ClNO. The minimum absolute atomic E-state index is 0.0518. The Hall–Kier alpha value is -1.02. The number of hydrogen-bond donors (Lipinski definition) is 0. The van der Waals surface area contributed by atoms with E-state index in [9.17, 15) is 4.79 Å². The third kappa shape index (κ3) is 2.35. The summed E-state index contributed by atoms with van der Waals surface area (Å²) in [5.41, 5.74) is 2.60. The summed E-state index contributed by atoms with van der Waals surface area (Å²) >= 11 is 6.09. The van der Waals surface area contributed by atoms with Gasteiger partial charge in [0.05, 0.1) is 5.92 Å². The minimum Gasteiger partial charge on any atom is -0.338 e. The number of aryl methyl sites for hydroxylation is 1. The van der Waals surface area contributed by atoms with Crippen LogP contribution < -0.4 is 0 Å². The minimum atomic E-state index is 0.0518. The Balaban J connectivity index is 1.85. The maximum absolute atomic E-state index is 12.9. The van der Waals surface area contributed by atoms with Crippen molar-refractivity contribution in [1.82, 2.24) is 4.90 Å². The highest BCUT2D eigenvalue weighted by molar-refractivity contribution is 6.18. The van der Waals surface area contributed by atoms with E-state index in [1.165, 1.54) is 11.1 Å². The molecule has 3 heteroatoms. The molecule has 0 N–H and O–H groups in total. The van der Waals surface area contributed by atoms with E-state index >= 15 is 0 Å². The first-order chi connectivity index (χ1) is 9.72. The Bertz CT molecular complexity index is 502. The number of rotatable bonds is 2. The van der Waals surface area contributed by atoms with Gasteiger partial charge in [-0.1, -0.05) is 31.2 Å². The Morgan fingerprint density at radius 1 is 1.35 bits per heavy atom. The van der Waals surface area contributed by atoms with Crippen molar-refractivity contribution in [2.45, 2.75) is 44.6 Å². The van der Waals surface area contributed by atoms with Gasteiger partial charge in [0.15, 0.2) is 0 Å². The molecule has 1 amide bonds. The summed E-state index contributed by atoms with van der Waals surface area (Å²) in [7, 11) is 0. The van der Waals surface area contributed by atoms with Crippen molar-refractivity contribution in [3.63, 3.8) is 0 Å². The van der Waals surface area contributed by atoms with Gasteiger partial charge in [0.1, 0.15) is 0 Å². The lowest BCUT2D eigenvalue weighted by Crippen LogP contribution is -2.42. The average Bonchev–Trinajstić information content (AvgIpc) is 2.86. The highest BCUT2D eigenvalue weighted by atomic mass is 35.5. The third-order valence-electron chi connectivity index (χ3n) is 4.99. The Labute approximate surface area is 126 Å². The molecule has 1 aliphatic carbocycles. The zero-order valence-corrected chi connectivity index (χ0v) is 12.8. The van der Waals surface area contributed by atoms with Crippen molar-refractivity contribution in [3.05, 3.63) is 35.4 Å². The van der Waals surface area contributed by atoms with E-state index in [0.717, 1.165) is 32.2 Å². The van der Waals surface area contributed by atoms with Crippen molar-refractivity contribution < 1.29 is 4.79 Å². The molecule has 0 aromatic heterocycles. The summed E-state index contributed by atoms with van der Waals surface area (Å²) < 4.78 is 0. The molecule has 0 bridgehead atoms. The number of likely N-dealkylation sites (tertiary alicyclic amines) is 1. The van der Waals surface area contributed by atoms with E-state index in [2.05, 4.69) is 31.2 Å². The van der Waals surface area contributed by atoms with Gasteiger partial charge in [-0.25, -0.2) is 0 Å². The van der Waals surface area contributed by atoms with Gasteiger partial charge in [0.25, 0.3) is 0 Å². The number of hydrogen-bond acceptors (Lipinski definition) is 1. The monoisotopic (exact) mass is 291 g/mol. The zero-order valence-electron chi connectivity index (χ0n) is 12.0. The number of halogens is 1. The first-order valence-electron chi connectivity index (χ1n) is 7.66. The SMILES string of the molecule is CC1CCN(C(=O)C2CCCc3ccccc32)C1CCl. The van der Waals surface area contributed by atoms with E-state index in [1.54, 1.807) is 0 Å². The molecule has 3 atom stereocenters. The molecule has 20 heavy (non-hydrogen) atoms. The molecule has 3 rings (SSSR count). The molecule has 3 unspecified atom stereocenters. The molecule has 0 radical (unpaired) electrons. The molecule has 2 aliphatic rings. The van der Waals surface area contributed by atoms with Crippen LogP contribution in [-0.4, -0.2) is 29.3 Å². The van der Waals surface area contributed by atoms with Gasteiger partial charge in [-0.3, -0.25) is 4.79 Å². The second-order valence-corrected chi connectivity index (χ2v) is 6.47. The van der Waals surface area contributed by atoms with E-state index in [0.29, 0.717) is 17.7 Å². The fourth-order valence-electron chi connectivity index (χ4n) is 3.73. The first-order valence-corrected chi connectivity index (χ1v) is 8.20. The highest BCUT2D eigenvalue weighted by Gasteiger charge is 2.38. The number of nitrogens with zero attached hydrogens (tertiary/aromatic N) is 1. The van der Waals surface area contributed by atoms with Crippen LogP contribution in [-0.2, 0) is 11.2 Å². The molecule has 1 fully saturated rings. The van der Waals surface area contributed by atoms with Gasteiger partial charge < -0.3 is 4.90 Å². The summed E-state index contributed by atoms with van der Waals surface area (Å²) in [6, 6.07) is 8.65. The van der Waals surface area contributed by atoms with Crippen molar-refractivity contribution in [1.29, 1.82) is 0 Å². The van der Waals surface area contributed by atoms with Crippen molar-refractivity contribution in [3.8, 4) is 0 Å². The standard InChI is InChI=1S/C17H22ClNO/c1-12-9-10-19(16(12)11-18)17(20)15-8-4-6-13-5-2-3-7-14(13)15/h2-3,5,7,12,15-16H,4,6,8-11H2,1H3. The summed E-state index contributed by atoms with van der Waals surface area (Å²) in [5.74, 6) is 1.43. The maximum atomic E-state index is 12.9. The summed E-state index contributed by atoms with van der Waals surface area (Å²) in [4.78, 5) is 15.0. The number of carbonyl (C=O) groups excluding carboxylic acids is 1. The molecule has 1 heterocycles. The quantitative estimate of drug-likeness (QED) is 0.763. The predicted molar refractivity (Wildman–Crippen MR) is 82.1 cm³/mol. The van der Waals surface area contributed by atoms with E-state index in [4.69, 9.17) is 11.6 Å². The van der Waals surface area contributed by atoms with E-state index in [-0.39, 0.29) is 12.0 Å². The second-order valence-electron chi connectivity index (χ2n) is 6.16. The zero-order chi connectivity index (χ0) is 14.1. The molecule has 0 spiro atoms. The summed E-state index contributed by atoms with van der Waals surface area (Å²) in [6.07, 6.45) is 4.28. The summed E-state index contributed by atoms with van der Waals surface area (Å²) in [6.45, 7) is 3.07. The number of benzene rings is 1. The van der Waals surface area contributed by atoms with E-state index < -0.39 is 0 Å². The molecular weight excluding hydrogens is 270 g/mol. The van der Waals surface area contributed by atoms with Crippen LogP contribution in [0, 0.1) is 5.92 Å². The third-order valence-corrected chi connectivity index (χ3v) is 5.31. The first kappa shape index (κ1) is 13.9. The lowest BCUT2D eigenvalue weighted by Gasteiger charge is -2.32. The normalized spacial score (nSPS) is 29.3. The number of carbonyl (C=O) groups is 1. The maximum Gasteiger partial charge on any atom is 0.230 e. The lowest BCUT2D eigenvalue weighted by atomic mass is 9.82. The molecule has 1 aromatic rings. The molecule has 0 saturated carbocycles. The molecule has 1 aliphatic heterocycles. The van der Waals surface area contributed by atoms with Gasteiger partial charge >= 0.3 is 0 Å². The van der Waals surface area contributed by atoms with Crippen molar-refractivity contribution in [2.75, 3.05) is 12.4 Å². The lowest BCUT2D eigenvalue weighted by molar-refractivity contribution is -0.133. The van der Waals surface area contributed by atoms with Crippen LogP contribution in [0.25, 0.3) is 0 Å². The fourth-order valence-corrected chi connectivity index (χ4v) is 4.20. The van der Waals surface area contributed by atoms with Crippen LogP contribution in [0.3, 0.4) is 0 Å². The number of alkyl halides is 1. The van der Waals surface area contributed by atoms with Gasteiger partial charge in [0.2, 0.25) is 5.91 Å². The van der Waals surface area contributed by atoms with Gasteiger partial charge in [0, 0.05) is 18.5 Å².